The molecule has 5 heteroatoms. The van der Waals surface area contributed by atoms with Gasteiger partial charge in [0.25, 0.3) is 0 Å². The maximum Gasteiger partial charge on any atom is 0.227 e. The first-order valence-corrected chi connectivity index (χ1v) is 7.96. The van der Waals surface area contributed by atoms with Crippen molar-refractivity contribution in [3.05, 3.63) is 12.2 Å². The van der Waals surface area contributed by atoms with Crippen molar-refractivity contribution in [2.45, 2.75) is 43.0 Å². The Balaban J connectivity index is 1.41. The van der Waals surface area contributed by atoms with E-state index in [0.29, 0.717) is 23.7 Å². The largest absolute Gasteiger partial charge is 0.373 e. The van der Waals surface area contributed by atoms with Crippen LogP contribution in [0, 0.1) is 29.6 Å². The molecule has 11 unspecified atom stereocenters. The van der Waals surface area contributed by atoms with Gasteiger partial charge in [-0.15, -0.1) is 0 Å². The summed E-state index contributed by atoms with van der Waals surface area (Å²) in [7, 11) is 0. The summed E-state index contributed by atoms with van der Waals surface area (Å²) in [6, 6.07) is 0. The molecule has 0 aromatic heterocycles. The predicted octanol–water partition coefficient (Wildman–Crippen LogP) is 1.12. The monoisotopic (exact) mass is 294 g/mol. The number of hydrogen-bond acceptors (Lipinski definition) is 4. The quantitative estimate of drug-likeness (QED) is 0.537. The van der Waals surface area contributed by atoms with Crippen LogP contribution in [0.3, 0.4) is 0 Å². The van der Waals surface area contributed by atoms with E-state index in [0.717, 1.165) is 6.42 Å². The molecule has 6 aliphatic rings. The molecule has 11 atom stereocenters. The highest BCUT2D eigenvalue weighted by atomic mass is 35.5. The van der Waals surface area contributed by atoms with Crippen LogP contribution in [0.5, 0.6) is 0 Å². The number of hydrogen-bond donors (Lipinski definition) is 0. The summed E-state index contributed by atoms with van der Waals surface area (Å²) in [6.07, 6.45) is 6.22. The van der Waals surface area contributed by atoms with E-state index in [9.17, 15) is 4.79 Å². The van der Waals surface area contributed by atoms with E-state index in [1.165, 1.54) is 0 Å². The molecular weight excluding hydrogens is 280 g/mol. The second-order valence-electron chi connectivity index (χ2n) is 7.11. The topological polar surface area (TPSA) is 44.8 Å². The molecule has 0 spiro atoms. The zero-order valence-corrected chi connectivity index (χ0v) is 11.5. The van der Waals surface area contributed by atoms with Crippen LogP contribution >= 0.6 is 11.6 Å². The molecule has 4 nitrogen and oxygen atoms in total. The van der Waals surface area contributed by atoms with Gasteiger partial charge in [-0.1, -0.05) is 12.2 Å². The number of carbonyl (C=O) groups is 1. The fourth-order valence-electron chi connectivity index (χ4n) is 6.11. The summed E-state index contributed by atoms with van der Waals surface area (Å²) in [5.74, 6) is 1.65. The second kappa shape index (κ2) is 3.32. The van der Waals surface area contributed by atoms with Gasteiger partial charge >= 0.3 is 0 Å². The van der Waals surface area contributed by atoms with Crippen LogP contribution < -0.4 is 0 Å². The van der Waals surface area contributed by atoms with Gasteiger partial charge in [0.05, 0.1) is 42.5 Å². The zero-order valence-electron chi connectivity index (χ0n) is 10.7. The van der Waals surface area contributed by atoms with E-state index in [1.807, 2.05) is 0 Å². The first-order valence-electron chi connectivity index (χ1n) is 7.58. The molecule has 6 rings (SSSR count). The van der Waals surface area contributed by atoms with Crippen LogP contribution in [-0.4, -0.2) is 41.9 Å². The molecular formula is C15H15ClO4. The van der Waals surface area contributed by atoms with Gasteiger partial charge in [0.2, 0.25) is 5.24 Å². The molecule has 6 bridgehead atoms. The standard InChI is InChI=1S/C15H15ClO4/c16-15(17)4-3-7-10-11(12(4)19-7)14-9-6-2-1-5(18-6)8(9)13(10)20-14/h1-2,4-14H,3H2. The van der Waals surface area contributed by atoms with Crippen LogP contribution in [0.15, 0.2) is 12.2 Å². The lowest BCUT2D eigenvalue weighted by Gasteiger charge is -2.38. The summed E-state index contributed by atoms with van der Waals surface area (Å²) in [4.78, 5) is 11.6. The SMILES string of the molecule is O=C(Cl)C1CC2OC1C1C3OC(C4C5C=CC(O5)C34)C21. The van der Waals surface area contributed by atoms with Gasteiger partial charge in [-0.05, 0) is 18.0 Å². The van der Waals surface area contributed by atoms with E-state index in [4.69, 9.17) is 25.8 Å². The molecule has 6 heterocycles. The summed E-state index contributed by atoms with van der Waals surface area (Å²) in [6.45, 7) is 0. The second-order valence-corrected chi connectivity index (χ2v) is 7.48. The van der Waals surface area contributed by atoms with Crippen LogP contribution in [-0.2, 0) is 19.0 Å². The fraction of sp³-hybridized carbons (Fsp3) is 0.800. The van der Waals surface area contributed by atoms with Crippen molar-refractivity contribution in [3.63, 3.8) is 0 Å². The minimum atomic E-state index is -0.237. The molecule has 0 radical (unpaired) electrons. The Morgan fingerprint density at radius 3 is 2.30 bits per heavy atom. The van der Waals surface area contributed by atoms with Crippen LogP contribution in [0.1, 0.15) is 6.42 Å². The number of halogens is 1. The Kier molecular flexibility index (Phi) is 1.86. The Morgan fingerprint density at radius 2 is 1.60 bits per heavy atom. The lowest BCUT2D eigenvalue weighted by molar-refractivity contribution is -0.117. The van der Waals surface area contributed by atoms with Gasteiger partial charge < -0.3 is 14.2 Å². The van der Waals surface area contributed by atoms with E-state index >= 15 is 0 Å². The van der Waals surface area contributed by atoms with Gasteiger partial charge in [0, 0.05) is 23.7 Å². The van der Waals surface area contributed by atoms with E-state index < -0.39 is 0 Å². The summed E-state index contributed by atoms with van der Waals surface area (Å²) in [5, 5.41) is -0.237. The molecule has 0 amide bonds. The molecule has 5 saturated heterocycles. The van der Waals surface area contributed by atoms with Crippen molar-refractivity contribution < 1.29 is 19.0 Å². The lowest BCUT2D eigenvalue weighted by atomic mass is 9.59. The Morgan fingerprint density at radius 1 is 0.900 bits per heavy atom. The normalized spacial score (nSPS) is 67.0. The molecule has 0 aliphatic carbocycles. The van der Waals surface area contributed by atoms with Gasteiger partial charge in [0.1, 0.15) is 0 Å². The summed E-state index contributed by atoms with van der Waals surface area (Å²) < 4.78 is 18.5. The van der Waals surface area contributed by atoms with E-state index in [-0.39, 0.29) is 47.8 Å². The maximum atomic E-state index is 11.6. The Hall–Kier alpha value is -0.420. The average Bonchev–Trinajstić information content (AvgIpc) is 3.20. The zero-order chi connectivity index (χ0) is 13.2. The van der Waals surface area contributed by atoms with Crippen molar-refractivity contribution in [3.8, 4) is 0 Å². The highest BCUT2D eigenvalue weighted by Crippen LogP contribution is 2.65. The first kappa shape index (κ1) is 11.2. The molecule has 0 N–H and O–H groups in total. The number of fused-ring (bicyclic) bond motifs is 16. The summed E-state index contributed by atoms with van der Waals surface area (Å²) >= 11 is 5.75. The summed E-state index contributed by atoms with van der Waals surface area (Å²) in [5.41, 5.74) is 0. The van der Waals surface area contributed by atoms with Gasteiger partial charge in [-0.2, -0.15) is 0 Å². The Labute approximate surface area is 121 Å². The van der Waals surface area contributed by atoms with Gasteiger partial charge in [-0.25, -0.2) is 0 Å². The van der Waals surface area contributed by atoms with Gasteiger partial charge in [-0.3, -0.25) is 4.79 Å². The third kappa shape index (κ3) is 1.03. The number of carbonyl (C=O) groups excluding carboxylic acids is 1. The third-order valence-electron chi connectivity index (χ3n) is 6.60. The third-order valence-corrected chi connectivity index (χ3v) is 6.88. The molecule has 20 heavy (non-hydrogen) atoms. The first-order chi connectivity index (χ1) is 9.74. The van der Waals surface area contributed by atoms with Crippen molar-refractivity contribution in [1.29, 1.82) is 0 Å². The van der Waals surface area contributed by atoms with Crippen LogP contribution in [0.4, 0.5) is 0 Å². The molecule has 0 aromatic rings. The van der Waals surface area contributed by atoms with Gasteiger partial charge in [0.15, 0.2) is 0 Å². The molecule has 106 valence electrons. The minimum absolute atomic E-state index is 0.0194. The number of ether oxygens (including phenoxy) is 3. The molecule has 6 aliphatic heterocycles. The average molecular weight is 295 g/mol. The van der Waals surface area contributed by atoms with Crippen LogP contribution in [0.25, 0.3) is 0 Å². The van der Waals surface area contributed by atoms with E-state index in [1.54, 1.807) is 0 Å². The molecule has 0 saturated carbocycles. The number of rotatable bonds is 1. The van der Waals surface area contributed by atoms with E-state index in [2.05, 4.69) is 12.2 Å². The smallest absolute Gasteiger partial charge is 0.227 e. The predicted molar refractivity (Wildman–Crippen MR) is 68.1 cm³/mol. The highest BCUT2D eigenvalue weighted by molar-refractivity contribution is 6.64. The van der Waals surface area contributed by atoms with Crippen molar-refractivity contribution in [1.82, 2.24) is 0 Å². The fourth-order valence-corrected chi connectivity index (χ4v) is 6.32. The molecule has 5 fully saturated rings. The molecule has 0 aromatic carbocycles. The van der Waals surface area contributed by atoms with Crippen LogP contribution in [0.2, 0.25) is 0 Å². The van der Waals surface area contributed by atoms with Crippen molar-refractivity contribution >= 4 is 16.8 Å². The Bertz CT molecular complexity index is 548. The highest BCUT2D eigenvalue weighted by Gasteiger charge is 2.74. The van der Waals surface area contributed by atoms with Crippen molar-refractivity contribution in [2.75, 3.05) is 0 Å². The van der Waals surface area contributed by atoms with Crippen molar-refractivity contribution in [2.24, 2.45) is 29.6 Å². The minimum Gasteiger partial charge on any atom is -0.373 e. The maximum absolute atomic E-state index is 11.6. The lowest BCUT2D eigenvalue weighted by Crippen LogP contribution is -2.50.